The Morgan fingerprint density at radius 2 is 2.20 bits per heavy atom. The maximum atomic E-state index is 13.5. The Bertz CT molecular complexity index is 602. The smallest absolute Gasteiger partial charge is 0.328 e. The summed E-state index contributed by atoms with van der Waals surface area (Å²) >= 11 is 0. The van der Waals surface area contributed by atoms with Crippen molar-refractivity contribution < 1.29 is 23.4 Å². The molecular weight excluding hydrogens is 263 g/mol. The van der Waals surface area contributed by atoms with Gasteiger partial charge in [-0.15, -0.1) is 0 Å². The van der Waals surface area contributed by atoms with Gasteiger partial charge in [0.2, 0.25) is 0 Å². The minimum atomic E-state index is -1.12. The SMILES string of the molecule is O=C(O)C=Cc1cc(COCc2ccco2)ccc1F. The van der Waals surface area contributed by atoms with Crippen LogP contribution in [0.2, 0.25) is 0 Å². The van der Waals surface area contributed by atoms with Crippen molar-refractivity contribution in [1.29, 1.82) is 0 Å². The van der Waals surface area contributed by atoms with E-state index in [1.54, 1.807) is 30.5 Å². The number of aliphatic carboxylic acids is 1. The van der Waals surface area contributed by atoms with E-state index in [2.05, 4.69) is 0 Å². The molecule has 0 amide bonds. The zero-order valence-corrected chi connectivity index (χ0v) is 10.6. The molecule has 0 aliphatic carbocycles. The van der Waals surface area contributed by atoms with Crippen LogP contribution in [0.25, 0.3) is 6.08 Å². The minimum absolute atomic E-state index is 0.214. The molecule has 0 aliphatic rings. The average Bonchev–Trinajstić information content (AvgIpc) is 2.92. The van der Waals surface area contributed by atoms with Gasteiger partial charge < -0.3 is 14.3 Å². The van der Waals surface area contributed by atoms with E-state index in [1.165, 1.54) is 12.1 Å². The Morgan fingerprint density at radius 1 is 1.35 bits per heavy atom. The third-order valence-electron chi connectivity index (χ3n) is 2.56. The normalized spacial score (nSPS) is 11.1. The number of hydrogen-bond donors (Lipinski definition) is 1. The van der Waals surface area contributed by atoms with Gasteiger partial charge in [-0.3, -0.25) is 0 Å². The standard InChI is InChI=1S/C15H13FO4/c16-14-5-3-11(8-12(14)4-6-15(17)18)9-19-10-13-2-1-7-20-13/h1-8H,9-10H2,(H,17,18). The molecule has 0 fully saturated rings. The van der Waals surface area contributed by atoms with Crippen molar-refractivity contribution in [3.05, 3.63) is 65.4 Å². The second-order valence-electron chi connectivity index (χ2n) is 4.10. The van der Waals surface area contributed by atoms with Crippen LogP contribution in [0.1, 0.15) is 16.9 Å². The van der Waals surface area contributed by atoms with Gasteiger partial charge in [0.1, 0.15) is 18.2 Å². The van der Waals surface area contributed by atoms with Gasteiger partial charge in [0.05, 0.1) is 12.9 Å². The third kappa shape index (κ3) is 4.07. The molecule has 0 radical (unpaired) electrons. The summed E-state index contributed by atoms with van der Waals surface area (Å²) in [6, 6.07) is 8.00. The number of furan rings is 1. The molecular formula is C15H13FO4. The monoisotopic (exact) mass is 276 g/mol. The van der Waals surface area contributed by atoms with Gasteiger partial charge in [-0.25, -0.2) is 9.18 Å². The first kappa shape index (κ1) is 14.0. The summed E-state index contributed by atoms with van der Waals surface area (Å²) in [7, 11) is 0. The third-order valence-corrected chi connectivity index (χ3v) is 2.56. The summed E-state index contributed by atoms with van der Waals surface area (Å²) in [5.41, 5.74) is 0.967. The molecule has 0 saturated carbocycles. The van der Waals surface area contributed by atoms with E-state index in [-0.39, 0.29) is 12.2 Å². The highest BCUT2D eigenvalue weighted by Crippen LogP contribution is 2.14. The number of ether oxygens (including phenoxy) is 1. The number of carboxylic acids is 1. The fraction of sp³-hybridized carbons (Fsp3) is 0.133. The zero-order chi connectivity index (χ0) is 14.4. The minimum Gasteiger partial charge on any atom is -0.478 e. The summed E-state index contributed by atoms with van der Waals surface area (Å²) in [4.78, 5) is 10.4. The van der Waals surface area contributed by atoms with E-state index in [1.807, 2.05) is 0 Å². The maximum absolute atomic E-state index is 13.5. The van der Waals surface area contributed by atoms with Crippen molar-refractivity contribution in [1.82, 2.24) is 0 Å². The van der Waals surface area contributed by atoms with Gasteiger partial charge in [0.15, 0.2) is 0 Å². The fourth-order valence-electron chi connectivity index (χ4n) is 1.64. The Labute approximate surface area is 115 Å². The Kier molecular flexibility index (Phi) is 4.68. The molecule has 20 heavy (non-hydrogen) atoms. The lowest BCUT2D eigenvalue weighted by atomic mass is 10.1. The number of halogens is 1. The van der Waals surface area contributed by atoms with Crippen LogP contribution in [0.4, 0.5) is 4.39 Å². The van der Waals surface area contributed by atoms with Crippen LogP contribution in [0, 0.1) is 5.82 Å². The second kappa shape index (κ2) is 6.68. The molecule has 1 aromatic heterocycles. The lowest BCUT2D eigenvalue weighted by molar-refractivity contribution is -0.131. The molecule has 0 unspecified atom stereocenters. The molecule has 4 nitrogen and oxygen atoms in total. The fourth-order valence-corrected chi connectivity index (χ4v) is 1.64. The lowest BCUT2D eigenvalue weighted by Crippen LogP contribution is -1.95. The van der Waals surface area contributed by atoms with E-state index in [0.29, 0.717) is 12.4 Å². The van der Waals surface area contributed by atoms with Crippen molar-refractivity contribution in [3.8, 4) is 0 Å². The number of carbonyl (C=O) groups is 1. The van der Waals surface area contributed by atoms with E-state index >= 15 is 0 Å². The van der Waals surface area contributed by atoms with Crippen LogP contribution >= 0.6 is 0 Å². The summed E-state index contributed by atoms with van der Waals surface area (Å²) in [5, 5.41) is 8.54. The topological polar surface area (TPSA) is 59.7 Å². The zero-order valence-electron chi connectivity index (χ0n) is 10.6. The highest BCUT2D eigenvalue weighted by atomic mass is 19.1. The van der Waals surface area contributed by atoms with Gasteiger partial charge in [-0.2, -0.15) is 0 Å². The lowest BCUT2D eigenvalue weighted by Gasteiger charge is -2.05. The average molecular weight is 276 g/mol. The van der Waals surface area contributed by atoms with Gasteiger partial charge in [0, 0.05) is 11.6 Å². The first-order valence-electron chi connectivity index (χ1n) is 5.95. The predicted octanol–water partition coefficient (Wildman–Crippen LogP) is 3.23. The van der Waals surface area contributed by atoms with Gasteiger partial charge >= 0.3 is 5.97 Å². The molecule has 5 heteroatoms. The molecule has 1 N–H and O–H groups in total. The molecule has 0 bridgehead atoms. The van der Waals surface area contributed by atoms with E-state index in [9.17, 15) is 9.18 Å². The predicted molar refractivity (Wildman–Crippen MR) is 70.3 cm³/mol. The largest absolute Gasteiger partial charge is 0.478 e. The summed E-state index contributed by atoms with van der Waals surface area (Å²) < 4.78 is 24.0. The highest BCUT2D eigenvalue weighted by Gasteiger charge is 2.03. The van der Waals surface area contributed by atoms with Crippen molar-refractivity contribution in [3.63, 3.8) is 0 Å². The summed E-state index contributed by atoms with van der Waals surface area (Å²) in [6.45, 7) is 0.611. The van der Waals surface area contributed by atoms with Crippen LogP contribution in [0.3, 0.4) is 0 Å². The number of benzene rings is 1. The maximum Gasteiger partial charge on any atom is 0.328 e. The van der Waals surface area contributed by atoms with Crippen molar-refractivity contribution in [2.24, 2.45) is 0 Å². The first-order valence-corrected chi connectivity index (χ1v) is 5.95. The molecule has 2 aromatic rings. The Balaban J connectivity index is 1.98. The molecule has 0 atom stereocenters. The van der Waals surface area contributed by atoms with Crippen LogP contribution in [0.5, 0.6) is 0 Å². The van der Waals surface area contributed by atoms with E-state index in [4.69, 9.17) is 14.3 Å². The van der Waals surface area contributed by atoms with Gasteiger partial charge in [-0.1, -0.05) is 6.07 Å². The summed E-state index contributed by atoms with van der Waals surface area (Å²) in [6.07, 6.45) is 3.67. The molecule has 0 aliphatic heterocycles. The van der Waals surface area contributed by atoms with Gasteiger partial charge in [0.25, 0.3) is 0 Å². The molecule has 1 aromatic carbocycles. The molecule has 0 spiro atoms. The Morgan fingerprint density at radius 3 is 2.90 bits per heavy atom. The van der Waals surface area contributed by atoms with E-state index < -0.39 is 11.8 Å². The highest BCUT2D eigenvalue weighted by molar-refractivity contribution is 5.85. The molecule has 0 saturated heterocycles. The molecule has 104 valence electrons. The van der Waals surface area contributed by atoms with Crippen molar-refractivity contribution in [2.45, 2.75) is 13.2 Å². The number of carboxylic acid groups (broad SMARTS) is 1. The van der Waals surface area contributed by atoms with Crippen molar-refractivity contribution >= 4 is 12.0 Å². The van der Waals surface area contributed by atoms with E-state index in [0.717, 1.165) is 11.6 Å². The molecule has 1 heterocycles. The second-order valence-corrected chi connectivity index (χ2v) is 4.10. The molecule has 2 rings (SSSR count). The number of rotatable bonds is 6. The van der Waals surface area contributed by atoms with Crippen LogP contribution in [-0.4, -0.2) is 11.1 Å². The number of hydrogen-bond acceptors (Lipinski definition) is 3. The van der Waals surface area contributed by atoms with Gasteiger partial charge in [-0.05, 0) is 35.9 Å². The van der Waals surface area contributed by atoms with Crippen LogP contribution in [0.15, 0.2) is 47.1 Å². The summed E-state index contributed by atoms with van der Waals surface area (Å²) in [5.74, 6) is -0.890. The Hall–Kier alpha value is -2.40. The quantitative estimate of drug-likeness (QED) is 0.823. The van der Waals surface area contributed by atoms with Crippen LogP contribution in [-0.2, 0) is 22.7 Å². The first-order chi connectivity index (χ1) is 9.65. The van der Waals surface area contributed by atoms with Crippen LogP contribution < -0.4 is 0 Å². The van der Waals surface area contributed by atoms with Crippen molar-refractivity contribution in [2.75, 3.05) is 0 Å².